The Morgan fingerprint density at radius 3 is 2.67 bits per heavy atom. The van der Waals surface area contributed by atoms with Crippen molar-refractivity contribution in [3.05, 3.63) is 106 Å². The molecule has 0 saturated heterocycles. The fraction of sp³-hybridized carbons (Fsp3) is 0.267. The average Bonchev–Trinajstić information content (AvgIpc) is 3.63. The number of aromatic amines is 1. The number of nitrogens with zero attached hydrogens (tertiary/aromatic N) is 5. The lowest BCUT2D eigenvalue weighted by molar-refractivity contribution is 0.161. The molecule has 1 aliphatic heterocycles. The molecule has 5 aromatic rings. The molecule has 0 aliphatic carbocycles. The van der Waals surface area contributed by atoms with E-state index in [1.54, 1.807) is 7.11 Å². The molecule has 2 aromatic heterocycles. The number of pyridine rings is 1. The Bertz CT molecular complexity index is 1680. The van der Waals surface area contributed by atoms with Crippen molar-refractivity contribution in [2.75, 3.05) is 13.9 Å². The molecule has 6 rings (SSSR count). The van der Waals surface area contributed by atoms with Crippen LogP contribution in [0.3, 0.4) is 0 Å². The fourth-order valence-electron chi connectivity index (χ4n) is 5.17. The van der Waals surface area contributed by atoms with Gasteiger partial charge >= 0.3 is 0 Å². The number of ether oxygens (including phenoxy) is 3. The van der Waals surface area contributed by atoms with Crippen LogP contribution in [0.15, 0.2) is 77.6 Å². The van der Waals surface area contributed by atoms with E-state index >= 15 is 0 Å². The van der Waals surface area contributed by atoms with Crippen LogP contribution in [0.1, 0.15) is 41.9 Å². The molecule has 1 aliphatic rings. The number of tetrazole rings is 1. The smallest absolute Gasteiger partial charge is 0.252 e. The normalized spacial score (nSPS) is 13.2. The summed E-state index contributed by atoms with van der Waals surface area (Å²) in [6.07, 6.45) is 0.735. The lowest BCUT2D eigenvalue weighted by Gasteiger charge is -2.30. The van der Waals surface area contributed by atoms with Crippen molar-refractivity contribution < 1.29 is 14.2 Å². The summed E-state index contributed by atoms with van der Waals surface area (Å²) in [5, 5.41) is 13.7. The van der Waals surface area contributed by atoms with Gasteiger partial charge in [-0.2, -0.15) is 0 Å². The first-order chi connectivity index (χ1) is 19.6. The van der Waals surface area contributed by atoms with Gasteiger partial charge in [0.05, 0.1) is 19.7 Å². The van der Waals surface area contributed by atoms with E-state index in [4.69, 9.17) is 14.2 Å². The van der Waals surface area contributed by atoms with E-state index in [1.807, 2.05) is 65.3 Å². The molecular weight excluding hydrogens is 508 g/mol. The molecule has 3 heterocycles. The van der Waals surface area contributed by atoms with Crippen molar-refractivity contribution in [1.82, 2.24) is 30.1 Å². The molecule has 40 heavy (non-hydrogen) atoms. The molecule has 0 bridgehead atoms. The third-order valence-corrected chi connectivity index (χ3v) is 7.18. The zero-order valence-corrected chi connectivity index (χ0v) is 22.4. The first-order valence-corrected chi connectivity index (χ1v) is 13.2. The highest BCUT2D eigenvalue weighted by atomic mass is 16.7. The van der Waals surface area contributed by atoms with Crippen LogP contribution in [0.2, 0.25) is 0 Å². The third kappa shape index (κ3) is 5.26. The molecule has 204 valence electrons. The molecule has 0 saturated carbocycles. The molecule has 0 radical (unpaired) electrons. The van der Waals surface area contributed by atoms with Crippen molar-refractivity contribution in [2.45, 2.75) is 39.0 Å². The highest BCUT2D eigenvalue weighted by molar-refractivity contribution is 5.80. The van der Waals surface area contributed by atoms with Gasteiger partial charge in [-0.3, -0.25) is 9.69 Å². The number of nitrogens with one attached hydrogen (secondary N) is 1. The van der Waals surface area contributed by atoms with Crippen LogP contribution in [0.25, 0.3) is 10.9 Å². The fourth-order valence-corrected chi connectivity index (χ4v) is 5.17. The Labute approximate surface area is 231 Å². The average molecular weight is 539 g/mol. The van der Waals surface area contributed by atoms with Gasteiger partial charge in [0.1, 0.15) is 5.75 Å². The maximum absolute atomic E-state index is 13.2. The van der Waals surface area contributed by atoms with Crippen molar-refractivity contribution in [3.8, 4) is 17.2 Å². The lowest BCUT2D eigenvalue weighted by Crippen LogP contribution is -2.32. The number of H-pyrrole nitrogens is 1. The first-order valence-electron chi connectivity index (χ1n) is 13.2. The minimum Gasteiger partial charge on any atom is -0.497 e. The Hall–Kier alpha value is -4.70. The van der Waals surface area contributed by atoms with Gasteiger partial charge in [-0.1, -0.05) is 43.3 Å². The van der Waals surface area contributed by atoms with Crippen molar-refractivity contribution in [2.24, 2.45) is 0 Å². The van der Waals surface area contributed by atoms with Crippen molar-refractivity contribution in [3.63, 3.8) is 0 Å². The Kier molecular flexibility index (Phi) is 7.15. The number of rotatable bonds is 10. The molecule has 0 fully saturated rings. The van der Waals surface area contributed by atoms with Gasteiger partial charge in [0, 0.05) is 29.6 Å². The molecular formula is C30H30N6O4. The van der Waals surface area contributed by atoms with E-state index in [0.717, 1.165) is 51.5 Å². The minimum absolute atomic E-state index is 0.132. The van der Waals surface area contributed by atoms with Crippen molar-refractivity contribution in [1.29, 1.82) is 0 Å². The summed E-state index contributed by atoms with van der Waals surface area (Å²) in [7, 11) is 1.63. The van der Waals surface area contributed by atoms with Crippen molar-refractivity contribution >= 4 is 10.9 Å². The summed E-state index contributed by atoms with van der Waals surface area (Å²) >= 11 is 0. The van der Waals surface area contributed by atoms with Gasteiger partial charge < -0.3 is 19.2 Å². The molecule has 0 amide bonds. The topological polar surface area (TPSA) is 107 Å². The Morgan fingerprint density at radius 2 is 1.85 bits per heavy atom. The van der Waals surface area contributed by atoms with Crippen LogP contribution in [0.5, 0.6) is 17.2 Å². The van der Waals surface area contributed by atoms with E-state index < -0.39 is 0 Å². The second-order valence-corrected chi connectivity index (χ2v) is 9.77. The maximum Gasteiger partial charge on any atom is 0.252 e. The van der Waals surface area contributed by atoms with E-state index in [9.17, 15) is 4.79 Å². The van der Waals surface area contributed by atoms with Crippen LogP contribution in [-0.2, 0) is 19.6 Å². The Morgan fingerprint density at radius 1 is 1.00 bits per heavy atom. The first kappa shape index (κ1) is 25.6. The summed E-state index contributed by atoms with van der Waals surface area (Å²) in [5.41, 5.74) is 3.40. The second-order valence-electron chi connectivity index (χ2n) is 9.77. The van der Waals surface area contributed by atoms with Crippen LogP contribution in [0.4, 0.5) is 0 Å². The maximum atomic E-state index is 13.2. The monoisotopic (exact) mass is 538 g/mol. The van der Waals surface area contributed by atoms with Gasteiger partial charge in [0.2, 0.25) is 6.79 Å². The summed E-state index contributed by atoms with van der Waals surface area (Å²) in [6, 6.07) is 23.4. The van der Waals surface area contributed by atoms with Gasteiger partial charge in [-0.15, -0.1) is 5.10 Å². The van der Waals surface area contributed by atoms with Gasteiger partial charge in [-0.25, -0.2) is 4.68 Å². The van der Waals surface area contributed by atoms with E-state index in [2.05, 4.69) is 44.5 Å². The second kappa shape index (κ2) is 11.2. The zero-order valence-electron chi connectivity index (χ0n) is 22.4. The molecule has 10 nitrogen and oxygen atoms in total. The number of hydrogen-bond acceptors (Lipinski definition) is 8. The number of benzene rings is 3. The molecule has 0 spiro atoms. The molecule has 10 heteroatoms. The van der Waals surface area contributed by atoms with Crippen LogP contribution in [-0.4, -0.2) is 44.0 Å². The van der Waals surface area contributed by atoms with E-state index in [0.29, 0.717) is 25.2 Å². The number of methoxy groups -OCH3 is 1. The molecule has 1 atom stereocenters. The van der Waals surface area contributed by atoms with Crippen LogP contribution < -0.4 is 19.8 Å². The number of fused-ring (bicyclic) bond motifs is 2. The predicted octanol–water partition coefficient (Wildman–Crippen LogP) is 4.45. The largest absolute Gasteiger partial charge is 0.497 e. The Balaban J connectivity index is 1.38. The SMILES string of the molecule is CC[C@H](c1nnnn1Cc1ccccc1)N(Cc1ccc2c(c1)OCO2)Cc1cc2cc(OC)ccc2[nH]c1=O. The van der Waals surface area contributed by atoms with Gasteiger partial charge in [-0.05, 0) is 64.4 Å². The van der Waals surface area contributed by atoms with Crippen LogP contribution >= 0.6 is 0 Å². The quantitative estimate of drug-likeness (QED) is 0.278. The number of aromatic nitrogens is 5. The van der Waals surface area contributed by atoms with Crippen LogP contribution in [0, 0.1) is 0 Å². The standard InChI is InChI=1S/C30H30N6O4/c1-3-26(29-32-33-34-36(29)17-20-7-5-4-6-8-20)35(16-21-9-12-27-28(13-21)40-19-39-27)18-23-14-22-15-24(38-2)10-11-25(22)31-30(23)37/h4-15,26H,3,16-19H2,1-2H3,(H,31,37)/t26-/m1/s1. The predicted molar refractivity (Wildman–Crippen MR) is 149 cm³/mol. The van der Waals surface area contributed by atoms with Gasteiger partial charge in [0.25, 0.3) is 5.56 Å². The molecule has 0 unspecified atom stereocenters. The summed E-state index contributed by atoms with van der Waals surface area (Å²) in [4.78, 5) is 18.5. The zero-order chi connectivity index (χ0) is 27.5. The molecule has 1 N–H and O–H groups in total. The number of hydrogen-bond donors (Lipinski definition) is 1. The summed E-state index contributed by atoms with van der Waals surface area (Å²) in [5.74, 6) is 2.92. The van der Waals surface area contributed by atoms with E-state index in [-0.39, 0.29) is 18.4 Å². The van der Waals surface area contributed by atoms with Gasteiger partial charge in [0.15, 0.2) is 17.3 Å². The van der Waals surface area contributed by atoms with E-state index in [1.165, 1.54) is 0 Å². The summed E-state index contributed by atoms with van der Waals surface area (Å²) in [6.45, 7) is 3.79. The summed E-state index contributed by atoms with van der Waals surface area (Å²) < 4.78 is 18.4. The molecule has 3 aromatic carbocycles. The lowest BCUT2D eigenvalue weighted by atomic mass is 10.1. The third-order valence-electron chi connectivity index (χ3n) is 7.18. The highest BCUT2D eigenvalue weighted by Crippen LogP contribution is 2.34. The highest BCUT2D eigenvalue weighted by Gasteiger charge is 2.27. The minimum atomic E-state index is -0.162.